The first-order valence-electron chi connectivity index (χ1n) is 3.62. The minimum Gasteiger partial charge on any atom is -0.351 e. The van der Waals surface area contributed by atoms with Gasteiger partial charge >= 0.3 is 0 Å². The van der Waals surface area contributed by atoms with Gasteiger partial charge in [-0.25, -0.2) is 4.98 Å². The Morgan fingerprint density at radius 2 is 2.60 bits per heavy atom. The van der Waals surface area contributed by atoms with Crippen LogP contribution in [0.15, 0.2) is 12.5 Å². The second kappa shape index (κ2) is 3.40. The molecule has 1 heterocycles. The molecule has 0 amide bonds. The first kappa shape index (κ1) is 7.32. The summed E-state index contributed by atoms with van der Waals surface area (Å²) >= 11 is 0. The molecule has 1 rings (SSSR count). The number of nitrogens with zero attached hydrogens (tertiary/aromatic N) is 1. The number of hydrogen-bond acceptors (Lipinski definition) is 1. The van der Waals surface area contributed by atoms with E-state index in [1.807, 2.05) is 6.20 Å². The predicted molar refractivity (Wildman–Crippen MR) is 41.6 cm³/mol. The van der Waals surface area contributed by atoms with Gasteiger partial charge < -0.3 is 4.98 Å². The summed E-state index contributed by atoms with van der Waals surface area (Å²) in [7, 11) is 0. The minimum absolute atomic E-state index is 0.545. The highest BCUT2D eigenvalue weighted by atomic mass is 14.9. The number of hydrogen-bond donors (Lipinski definition) is 1. The van der Waals surface area contributed by atoms with Gasteiger partial charge in [0.25, 0.3) is 0 Å². The van der Waals surface area contributed by atoms with Crippen molar-refractivity contribution in [3.8, 4) is 0 Å². The third-order valence-corrected chi connectivity index (χ3v) is 1.66. The molecular formula is C8H13N2. The zero-order chi connectivity index (χ0) is 7.40. The first-order valence-corrected chi connectivity index (χ1v) is 3.62. The van der Waals surface area contributed by atoms with Crippen LogP contribution < -0.4 is 0 Å². The van der Waals surface area contributed by atoms with E-state index in [1.54, 1.807) is 6.33 Å². The van der Waals surface area contributed by atoms with Gasteiger partial charge in [0.2, 0.25) is 0 Å². The smallest absolute Gasteiger partial charge is 0.0923 e. The lowest BCUT2D eigenvalue weighted by Gasteiger charge is -2.03. The molecule has 1 radical (unpaired) electrons. The van der Waals surface area contributed by atoms with E-state index in [2.05, 4.69) is 23.8 Å². The van der Waals surface area contributed by atoms with Gasteiger partial charge in [-0.2, -0.15) is 0 Å². The fourth-order valence-electron chi connectivity index (χ4n) is 0.995. The average molecular weight is 137 g/mol. The maximum Gasteiger partial charge on any atom is 0.0923 e. The van der Waals surface area contributed by atoms with Crippen LogP contribution in [0.4, 0.5) is 0 Å². The molecule has 0 aliphatic heterocycles. The molecule has 0 bridgehead atoms. The zero-order valence-corrected chi connectivity index (χ0v) is 6.30. The van der Waals surface area contributed by atoms with Crippen LogP contribution in [0.3, 0.4) is 0 Å². The van der Waals surface area contributed by atoms with E-state index in [0.717, 1.165) is 18.5 Å². The maximum absolute atomic E-state index is 4.15. The molecule has 0 saturated heterocycles. The highest BCUT2D eigenvalue weighted by molar-refractivity contribution is 5.01. The van der Waals surface area contributed by atoms with Crippen LogP contribution in [0.1, 0.15) is 31.4 Å². The maximum atomic E-state index is 4.15. The average Bonchev–Trinajstić information content (AvgIpc) is 2.38. The van der Waals surface area contributed by atoms with Crippen LogP contribution in [0, 0.1) is 6.92 Å². The van der Waals surface area contributed by atoms with Crippen LogP contribution in [0.5, 0.6) is 0 Å². The lowest BCUT2D eigenvalue weighted by Crippen LogP contribution is -1.91. The Morgan fingerprint density at radius 3 is 3.10 bits per heavy atom. The first-order chi connectivity index (χ1) is 4.84. The number of nitrogens with one attached hydrogen (secondary N) is 1. The van der Waals surface area contributed by atoms with E-state index >= 15 is 0 Å². The van der Waals surface area contributed by atoms with Gasteiger partial charge in [-0.1, -0.05) is 20.3 Å². The van der Waals surface area contributed by atoms with Crippen molar-refractivity contribution in [1.29, 1.82) is 0 Å². The third kappa shape index (κ3) is 1.59. The summed E-state index contributed by atoms with van der Waals surface area (Å²) in [6, 6.07) is 0. The molecule has 55 valence electrons. The molecule has 0 fully saturated rings. The molecule has 2 nitrogen and oxygen atoms in total. The monoisotopic (exact) mass is 137 g/mol. The topological polar surface area (TPSA) is 28.7 Å². The summed E-state index contributed by atoms with van der Waals surface area (Å²) in [4.78, 5) is 7.09. The lowest BCUT2D eigenvalue weighted by atomic mass is 10.0. The zero-order valence-electron chi connectivity index (χ0n) is 6.30. The Morgan fingerprint density at radius 1 is 1.80 bits per heavy atom. The minimum atomic E-state index is 0.545. The molecule has 10 heavy (non-hydrogen) atoms. The largest absolute Gasteiger partial charge is 0.351 e. The standard InChI is InChI=1S/C8H13N2/c1-3-4-7(2)8-5-9-6-10-8/h5-7H,1,3-4H2,2H3,(H,9,10). The highest BCUT2D eigenvalue weighted by Crippen LogP contribution is 2.16. The van der Waals surface area contributed by atoms with E-state index < -0.39 is 0 Å². The molecule has 0 aliphatic carbocycles. The van der Waals surface area contributed by atoms with Crippen molar-refractivity contribution in [1.82, 2.24) is 9.97 Å². The van der Waals surface area contributed by atoms with Gasteiger partial charge in [0.15, 0.2) is 0 Å². The van der Waals surface area contributed by atoms with Crippen molar-refractivity contribution in [2.24, 2.45) is 0 Å². The summed E-state index contributed by atoms with van der Waals surface area (Å²) in [6.45, 7) is 5.97. The van der Waals surface area contributed by atoms with Crippen LogP contribution in [0.25, 0.3) is 0 Å². The van der Waals surface area contributed by atoms with Crippen LogP contribution >= 0.6 is 0 Å². The highest BCUT2D eigenvalue weighted by Gasteiger charge is 2.04. The summed E-state index contributed by atoms with van der Waals surface area (Å²) in [6.07, 6.45) is 5.76. The van der Waals surface area contributed by atoms with E-state index in [1.165, 1.54) is 0 Å². The van der Waals surface area contributed by atoms with Crippen LogP contribution in [0.2, 0.25) is 0 Å². The number of aromatic nitrogens is 2. The SMILES string of the molecule is [CH2]CCC(C)c1c[nH]cn1. The Kier molecular flexibility index (Phi) is 2.49. The van der Waals surface area contributed by atoms with E-state index in [9.17, 15) is 0 Å². The molecule has 0 aliphatic rings. The second-order valence-corrected chi connectivity index (χ2v) is 2.54. The normalized spacial score (nSPS) is 13.4. The summed E-state index contributed by atoms with van der Waals surface area (Å²) < 4.78 is 0. The van der Waals surface area contributed by atoms with Crippen molar-refractivity contribution in [2.75, 3.05) is 0 Å². The molecule has 1 N–H and O–H groups in total. The quantitative estimate of drug-likeness (QED) is 0.679. The summed E-state index contributed by atoms with van der Waals surface area (Å²) in [5.74, 6) is 0.545. The van der Waals surface area contributed by atoms with Gasteiger partial charge in [-0.15, -0.1) is 0 Å². The Balaban J connectivity index is 2.50. The van der Waals surface area contributed by atoms with Crippen molar-refractivity contribution in [3.05, 3.63) is 25.1 Å². The molecule has 0 saturated carbocycles. The molecule has 2 heteroatoms. The van der Waals surface area contributed by atoms with Gasteiger partial charge in [0.05, 0.1) is 12.0 Å². The fourth-order valence-corrected chi connectivity index (χ4v) is 0.995. The number of H-pyrrole nitrogens is 1. The number of imidazole rings is 1. The molecule has 1 aromatic rings. The van der Waals surface area contributed by atoms with Crippen molar-refractivity contribution in [2.45, 2.75) is 25.7 Å². The molecule has 1 unspecified atom stereocenters. The van der Waals surface area contributed by atoms with Crippen molar-refractivity contribution < 1.29 is 0 Å². The summed E-state index contributed by atoms with van der Waals surface area (Å²) in [5, 5.41) is 0. The van der Waals surface area contributed by atoms with Crippen LogP contribution in [-0.2, 0) is 0 Å². The molecule has 0 spiro atoms. The lowest BCUT2D eigenvalue weighted by molar-refractivity contribution is 0.673. The number of rotatable bonds is 3. The Bertz CT molecular complexity index is 167. The van der Waals surface area contributed by atoms with Gasteiger partial charge in [0.1, 0.15) is 0 Å². The summed E-state index contributed by atoms with van der Waals surface area (Å²) in [5.41, 5.74) is 1.14. The molecule has 1 atom stereocenters. The second-order valence-electron chi connectivity index (χ2n) is 2.54. The van der Waals surface area contributed by atoms with Crippen molar-refractivity contribution in [3.63, 3.8) is 0 Å². The Labute approximate surface area is 61.7 Å². The van der Waals surface area contributed by atoms with Crippen molar-refractivity contribution >= 4 is 0 Å². The van der Waals surface area contributed by atoms with Gasteiger partial charge in [-0.3, -0.25) is 0 Å². The van der Waals surface area contributed by atoms with E-state index in [4.69, 9.17) is 0 Å². The third-order valence-electron chi connectivity index (χ3n) is 1.66. The van der Waals surface area contributed by atoms with E-state index in [-0.39, 0.29) is 0 Å². The van der Waals surface area contributed by atoms with E-state index in [0.29, 0.717) is 5.92 Å². The van der Waals surface area contributed by atoms with Gasteiger partial charge in [-0.05, 0) is 12.3 Å². The fraction of sp³-hybridized carbons (Fsp3) is 0.500. The molecule has 0 aromatic carbocycles. The van der Waals surface area contributed by atoms with Gasteiger partial charge in [0, 0.05) is 6.20 Å². The Hall–Kier alpha value is -0.790. The number of aromatic amines is 1. The predicted octanol–water partition coefficient (Wildman–Crippen LogP) is 2.13. The molecule has 1 aromatic heterocycles. The molecular weight excluding hydrogens is 124 g/mol. The van der Waals surface area contributed by atoms with Crippen LogP contribution in [-0.4, -0.2) is 9.97 Å².